The van der Waals surface area contributed by atoms with Crippen LogP contribution in [-0.2, 0) is 30.6 Å². The Morgan fingerprint density at radius 3 is 2.50 bits per heavy atom. The van der Waals surface area contributed by atoms with E-state index in [0.29, 0.717) is 13.2 Å². The van der Waals surface area contributed by atoms with Gasteiger partial charge in [0.05, 0.1) is 0 Å². The third-order valence-corrected chi connectivity index (χ3v) is 4.85. The molecule has 0 fully saturated rings. The quantitative estimate of drug-likeness (QED) is 0.354. The summed E-state index contributed by atoms with van der Waals surface area (Å²) in [4.78, 5) is 10.4. The molecule has 0 aliphatic rings. The van der Waals surface area contributed by atoms with Gasteiger partial charge in [0.1, 0.15) is 0 Å². The Morgan fingerprint density at radius 2 is 1.88 bits per heavy atom. The summed E-state index contributed by atoms with van der Waals surface area (Å²) in [7, 11) is 0. The average molecular weight is 520 g/mol. The van der Waals surface area contributed by atoms with Crippen LogP contribution in [0.5, 0.6) is 0 Å². The van der Waals surface area contributed by atoms with E-state index in [-0.39, 0.29) is 5.69 Å². The first-order valence-corrected chi connectivity index (χ1v) is 9.46. The van der Waals surface area contributed by atoms with Crippen LogP contribution in [0.1, 0.15) is 18.2 Å². The molecular weight excluding hydrogens is 504 g/mol. The summed E-state index contributed by atoms with van der Waals surface area (Å²) < 4.78 is 8.25. The van der Waals surface area contributed by atoms with Crippen molar-refractivity contribution in [2.24, 2.45) is 0 Å². The van der Waals surface area contributed by atoms with Crippen LogP contribution in [0, 0.1) is 10.1 Å². The van der Waals surface area contributed by atoms with Gasteiger partial charge < -0.3 is 0 Å². The molecule has 0 radical (unpaired) electrons. The molecule has 3 rings (SSSR count). The van der Waals surface area contributed by atoms with Crippen LogP contribution >= 0.6 is 0 Å². The minimum atomic E-state index is -0.407. The number of nitro benzene ring substituents is 1. The maximum atomic E-state index is 10.8. The van der Waals surface area contributed by atoms with E-state index in [0.717, 1.165) is 26.6 Å². The summed E-state index contributed by atoms with van der Waals surface area (Å²) in [6, 6.07) is 16.4. The van der Waals surface area contributed by atoms with Gasteiger partial charge in [-0.2, -0.15) is 0 Å². The molecule has 1 heterocycles. The fourth-order valence-electron chi connectivity index (χ4n) is 2.54. The van der Waals surface area contributed by atoms with Gasteiger partial charge in [0.15, 0.2) is 0 Å². The van der Waals surface area contributed by atoms with E-state index in [9.17, 15) is 10.1 Å². The van der Waals surface area contributed by atoms with Crippen LogP contribution in [0.15, 0.2) is 54.6 Å². The second kappa shape index (κ2) is 8.25. The number of hydrogen-bond donors (Lipinski definition) is 0. The molecule has 1 aromatic heterocycles. The summed E-state index contributed by atoms with van der Waals surface area (Å²) in [6.07, 6.45) is 0. The fraction of sp³-hybridized carbons (Fsp3) is 0.167. The van der Waals surface area contributed by atoms with Crippen LogP contribution in [0.25, 0.3) is 11.3 Å². The van der Waals surface area contributed by atoms with Crippen LogP contribution in [0.3, 0.4) is 0 Å². The summed E-state index contributed by atoms with van der Waals surface area (Å²) in [6.45, 7) is 2.97. The summed E-state index contributed by atoms with van der Waals surface area (Å²) >= 11 is 1.18. The van der Waals surface area contributed by atoms with Gasteiger partial charge in [-0.1, -0.05) is 0 Å². The molecule has 0 atom stereocenters. The van der Waals surface area contributed by atoms with E-state index >= 15 is 0 Å². The van der Waals surface area contributed by atoms with Crippen LogP contribution in [0.4, 0.5) is 5.69 Å². The van der Waals surface area contributed by atoms with E-state index in [1.165, 1.54) is 31.5 Å². The molecule has 0 aliphatic carbocycles. The van der Waals surface area contributed by atoms with Gasteiger partial charge in [-0.25, -0.2) is 0 Å². The number of rotatable bonds is 7. The van der Waals surface area contributed by atoms with E-state index in [2.05, 4.69) is 10.3 Å². The topological polar surface area (TPSA) is 83.1 Å². The second-order valence-electron chi connectivity index (χ2n) is 5.45. The van der Waals surface area contributed by atoms with Crippen molar-refractivity contribution in [1.82, 2.24) is 15.0 Å². The van der Waals surface area contributed by atoms with E-state index < -0.39 is 4.92 Å². The zero-order chi connectivity index (χ0) is 18.5. The predicted molar refractivity (Wildman–Crippen MR) is 93.4 cm³/mol. The zero-order valence-corrected chi connectivity index (χ0v) is 17.0. The minimum absolute atomic E-state index is 0.0698. The molecule has 3 aromatic rings. The molecule has 0 N–H and O–H groups in total. The SMILES string of the molecule is CCO[C](=[W])c1nnn(Cc2ccc([N+](=O)[O-])cc2)c1-c1ccccc1. The molecule has 7 nitrogen and oxygen atoms in total. The molecule has 0 amide bonds. The molecule has 0 saturated heterocycles. The number of benzene rings is 2. The Kier molecular flexibility index (Phi) is 5.81. The number of nitro groups is 1. The van der Waals surface area contributed by atoms with Crippen molar-refractivity contribution in [2.75, 3.05) is 6.61 Å². The standard InChI is InChI=1S/C18H16N4O3.W/c1-2-25-13-17-18(15-6-4-3-5-7-15)21(20-19-17)12-14-8-10-16(11-9-14)22(23)24;/h3-11H,2,12H2,1H3;. The van der Waals surface area contributed by atoms with Gasteiger partial charge in [0, 0.05) is 0 Å². The van der Waals surface area contributed by atoms with Crippen molar-refractivity contribution in [3.05, 3.63) is 76.0 Å². The van der Waals surface area contributed by atoms with Gasteiger partial charge in [-0.3, -0.25) is 0 Å². The Balaban J connectivity index is 1.99. The van der Waals surface area contributed by atoms with E-state index in [1.807, 2.05) is 37.3 Å². The maximum absolute atomic E-state index is 10.8. The second-order valence-corrected chi connectivity index (χ2v) is 6.79. The van der Waals surface area contributed by atoms with Gasteiger partial charge in [0.2, 0.25) is 0 Å². The first-order valence-electron chi connectivity index (χ1n) is 7.99. The number of aromatic nitrogens is 3. The van der Waals surface area contributed by atoms with Crippen LogP contribution in [0.2, 0.25) is 0 Å². The average Bonchev–Trinajstić information content (AvgIpc) is 3.07. The Bertz CT molecular complexity index is 923. The third-order valence-electron chi connectivity index (χ3n) is 3.73. The molecule has 0 unspecified atom stereocenters. The monoisotopic (exact) mass is 520 g/mol. The Hall–Kier alpha value is -2.50. The van der Waals surface area contributed by atoms with Crippen molar-refractivity contribution < 1.29 is 29.0 Å². The summed E-state index contributed by atoms with van der Waals surface area (Å²) in [5.41, 5.74) is 3.58. The Labute approximate surface area is 161 Å². The van der Waals surface area contributed by atoms with Crippen molar-refractivity contribution >= 4 is 9.77 Å². The molecule has 26 heavy (non-hydrogen) atoms. The van der Waals surface area contributed by atoms with Crippen LogP contribution in [-0.4, -0.2) is 30.6 Å². The molecule has 0 bridgehead atoms. The first-order chi connectivity index (χ1) is 12.6. The van der Waals surface area contributed by atoms with Gasteiger partial charge in [0.25, 0.3) is 0 Å². The predicted octanol–water partition coefficient (Wildman–Crippen LogP) is 2.96. The van der Waals surface area contributed by atoms with Gasteiger partial charge >= 0.3 is 161 Å². The van der Waals surface area contributed by atoms with Crippen molar-refractivity contribution in [1.29, 1.82) is 0 Å². The molecule has 2 aromatic carbocycles. The van der Waals surface area contributed by atoms with Crippen molar-refractivity contribution in [3.63, 3.8) is 0 Å². The van der Waals surface area contributed by atoms with Gasteiger partial charge in [-0.05, 0) is 0 Å². The molecule has 0 saturated carbocycles. The number of hydrogen-bond acceptors (Lipinski definition) is 5. The molecular formula is C18H16N4O3W. The number of nitrogens with zero attached hydrogens (tertiary/aromatic N) is 4. The van der Waals surface area contributed by atoms with Crippen molar-refractivity contribution in [2.45, 2.75) is 13.5 Å². The third kappa shape index (κ3) is 4.00. The number of non-ortho nitro benzene ring substituents is 1. The van der Waals surface area contributed by atoms with Crippen molar-refractivity contribution in [3.8, 4) is 11.3 Å². The molecule has 0 aliphatic heterocycles. The summed E-state index contributed by atoms with van der Waals surface area (Å²) in [5.74, 6) is 0. The van der Waals surface area contributed by atoms with Crippen LogP contribution < -0.4 is 0 Å². The van der Waals surface area contributed by atoms with E-state index in [4.69, 9.17) is 4.74 Å². The summed E-state index contributed by atoms with van der Waals surface area (Å²) in [5, 5.41) is 19.4. The Morgan fingerprint density at radius 1 is 1.19 bits per heavy atom. The van der Waals surface area contributed by atoms with E-state index in [1.54, 1.807) is 16.8 Å². The zero-order valence-electron chi connectivity index (χ0n) is 14.0. The van der Waals surface area contributed by atoms with Gasteiger partial charge in [-0.15, -0.1) is 0 Å². The first kappa shape index (κ1) is 18.3. The molecule has 132 valence electrons. The molecule has 8 heteroatoms. The fourth-order valence-corrected chi connectivity index (χ4v) is 3.46. The molecule has 0 spiro atoms. The normalized spacial score (nSPS) is 10.7. The number of ether oxygens (including phenoxy) is 1.